The second-order valence-electron chi connectivity index (χ2n) is 5.28. The molecule has 6 heteroatoms. The van der Waals surface area contributed by atoms with E-state index in [4.69, 9.17) is 5.73 Å². The molecule has 2 aliphatic rings. The minimum Gasteiger partial charge on any atom is -0.318 e. The third-order valence-corrected chi connectivity index (χ3v) is 3.76. The van der Waals surface area contributed by atoms with E-state index in [0.717, 1.165) is 19.3 Å². The molecule has 1 aliphatic carbocycles. The molecule has 0 aromatic carbocycles. The highest BCUT2D eigenvalue weighted by Gasteiger charge is 2.28. The Balaban J connectivity index is 1.95. The molecule has 5 nitrogen and oxygen atoms in total. The number of nitrogens with zero attached hydrogens (tertiary/aromatic N) is 1. The van der Waals surface area contributed by atoms with Gasteiger partial charge < -0.3 is 10.5 Å². The lowest BCUT2D eigenvalue weighted by atomic mass is 9.97. The van der Waals surface area contributed by atoms with Gasteiger partial charge in [-0.25, -0.2) is 4.39 Å². The van der Waals surface area contributed by atoms with Gasteiger partial charge in [0.05, 0.1) is 0 Å². The smallest absolute Gasteiger partial charge is 0.125 e. The average molecular weight is 270 g/mol. The standard InChI is InChI=1S/C13H23FN4O/c14-12-3-1-10(2-4-12)6-18-7-11(8-19)5-16-13(18)17-9-15/h1,8,11-13,16-17H,2-7,9,15H2. The fourth-order valence-electron chi connectivity index (χ4n) is 2.68. The summed E-state index contributed by atoms with van der Waals surface area (Å²) in [6.45, 7) is 2.53. The fraction of sp³-hybridized carbons (Fsp3) is 0.769. The number of hydrogen-bond acceptors (Lipinski definition) is 5. The summed E-state index contributed by atoms with van der Waals surface area (Å²) in [6, 6.07) is 0. The molecule has 1 fully saturated rings. The number of alkyl halides is 1. The number of halogens is 1. The van der Waals surface area contributed by atoms with Crippen molar-refractivity contribution in [3.8, 4) is 0 Å². The summed E-state index contributed by atoms with van der Waals surface area (Å²) in [5.41, 5.74) is 6.78. The Kier molecular flexibility index (Phi) is 5.45. The van der Waals surface area contributed by atoms with Gasteiger partial charge in [0.15, 0.2) is 0 Å². The lowest BCUT2D eigenvalue weighted by molar-refractivity contribution is -0.113. The molecule has 1 heterocycles. The molecule has 1 saturated heterocycles. The number of allylic oxidation sites excluding steroid dienone is 1. The predicted molar refractivity (Wildman–Crippen MR) is 71.9 cm³/mol. The van der Waals surface area contributed by atoms with Crippen molar-refractivity contribution in [1.29, 1.82) is 0 Å². The molecule has 2 rings (SSSR count). The van der Waals surface area contributed by atoms with Crippen LogP contribution in [0.1, 0.15) is 19.3 Å². The van der Waals surface area contributed by atoms with Crippen LogP contribution in [0.15, 0.2) is 11.6 Å². The monoisotopic (exact) mass is 270 g/mol. The number of aldehydes is 1. The molecule has 0 bridgehead atoms. The molecular formula is C13H23FN4O. The van der Waals surface area contributed by atoms with Gasteiger partial charge in [-0.2, -0.15) is 0 Å². The Hall–Kier alpha value is -0.820. The molecule has 0 aromatic heterocycles. The van der Waals surface area contributed by atoms with E-state index < -0.39 is 6.17 Å². The first kappa shape index (κ1) is 14.6. The first-order chi connectivity index (χ1) is 9.22. The number of nitrogens with two attached hydrogens (primary N) is 1. The van der Waals surface area contributed by atoms with E-state index in [1.807, 2.05) is 6.08 Å². The van der Waals surface area contributed by atoms with Crippen LogP contribution in [-0.2, 0) is 4.79 Å². The van der Waals surface area contributed by atoms with Crippen molar-refractivity contribution in [2.45, 2.75) is 31.7 Å². The predicted octanol–water partition coefficient (Wildman–Crippen LogP) is -0.0555. The average Bonchev–Trinajstić information content (AvgIpc) is 2.43. The zero-order chi connectivity index (χ0) is 13.7. The summed E-state index contributed by atoms with van der Waals surface area (Å²) in [5, 5.41) is 6.42. The number of carbonyl (C=O) groups is 1. The van der Waals surface area contributed by atoms with Gasteiger partial charge in [-0.05, 0) is 19.3 Å². The van der Waals surface area contributed by atoms with Crippen molar-refractivity contribution in [3.05, 3.63) is 11.6 Å². The lowest BCUT2D eigenvalue weighted by Crippen LogP contribution is -2.63. The molecule has 4 N–H and O–H groups in total. The zero-order valence-corrected chi connectivity index (χ0v) is 11.1. The molecule has 0 saturated carbocycles. The van der Waals surface area contributed by atoms with Crippen LogP contribution in [0.2, 0.25) is 0 Å². The molecule has 0 amide bonds. The van der Waals surface area contributed by atoms with Crippen LogP contribution in [-0.4, -0.2) is 50.0 Å². The third-order valence-electron chi connectivity index (χ3n) is 3.76. The Morgan fingerprint density at radius 3 is 3.11 bits per heavy atom. The van der Waals surface area contributed by atoms with Gasteiger partial charge in [0.2, 0.25) is 0 Å². The van der Waals surface area contributed by atoms with E-state index in [-0.39, 0.29) is 12.2 Å². The molecule has 3 atom stereocenters. The first-order valence-electron chi connectivity index (χ1n) is 6.91. The molecule has 1 aliphatic heterocycles. The molecule has 0 aromatic rings. The first-order valence-corrected chi connectivity index (χ1v) is 6.91. The summed E-state index contributed by atoms with van der Waals surface area (Å²) in [5.74, 6) is 0.00828. The summed E-state index contributed by atoms with van der Waals surface area (Å²) in [7, 11) is 0. The summed E-state index contributed by atoms with van der Waals surface area (Å²) < 4.78 is 13.1. The second-order valence-corrected chi connectivity index (χ2v) is 5.28. The van der Waals surface area contributed by atoms with E-state index in [1.165, 1.54) is 5.57 Å². The highest BCUT2D eigenvalue weighted by Crippen LogP contribution is 2.22. The van der Waals surface area contributed by atoms with Gasteiger partial charge in [0.1, 0.15) is 18.7 Å². The van der Waals surface area contributed by atoms with Gasteiger partial charge in [-0.3, -0.25) is 15.5 Å². The van der Waals surface area contributed by atoms with Crippen molar-refractivity contribution in [1.82, 2.24) is 15.5 Å². The van der Waals surface area contributed by atoms with Gasteiger partial charge in [-0.15, -0.1) is 0 Å². The van der Waals surface area contributed by atoms with Gasteiger partial charge >= 0.3 is 0 Å². The van der Waals surface area contributed by atoms with E-state index in [2.05, 4.69) is 15.5 Å². The quantitative estimate of drug-likeness (QED) is 0.371. The van der Waals surface area contributed by atoms with E-state index in [9.17, 15) is 9.18 Å². The van der Waals surface area contributed by atoms with Crippen LogP contribution >= 0.6 is 0 Å². The molecule has 0 spiro atoms. The molecule has 108 valence electrons. The SMILES string of the molecule is NCNC1NCC(C=O)CN1CC1=CCC(F)CC1. The lowest BCUT2D eigenvalue weighted by Gasteiger charge is -2.40. The topological polar surface area (TPSA) is 70.4 Å². The van der Waals surface area contributed by atoms with Crippen molar-refractivity contribution >= 4 is 6.29 Å². The minimum absolute atomic E-state index is 0.00828. The maximum Gasteiger partial charge on any atom is 0.125 e. The second kappa shape index (κ2) is 7.09. The molecular weight excluding hydrogens is 247 g/mol. The van der Waals surface area contributed by atoms with Crippen molar-refractivity contribution in [3.63, 3.8) is 0 Å². The van der Waals surface area contributed by atoms with Crippen LogP contribution in [0, 0.1) is 5.92 Å². The van der Waals surface area contributed by atoms with Crippen molar-refractivity contribution in [2.24, 2.45) is 11.7 Å². The molecule has 0 radical (unpaired) electrons. The largest absolute Gasteiger partial charge is 0.318 e. The number of carbonyl (C=O) groups excluding carboxylic acids is 1. The highest BCUT2D eigenvalue weighted by atomic mass is 19.1. The Bertz CT molecular complexity index is 337. The van der Waals surface area contributed by atoms with Crippen LogP contribution < -0.4 is 16.4 Å². The fourth-order valence-corrected chi connectivity index (χ4v) is 2.68. The van der Waals surface area contributed by atoms with Gasteiger partial charge in [0, 0.05) is 32.2 Å². The normalized spacial score (nSPS) is 32.9. The number of rotatable bonds is 5. The summed E-state index contributed by atoms with van der Waals surface area (Å²) in [6.07, 6.45) is 4.22. The van der Waals surface area contributed by atoms with Crippen LogP contribution in [0.4, 0.5) is 4.39 Å². The van der Waals surface area contributed by atoms with E-state index in [0.29, 0.717) is 32.6 Å². The summed E-state index contributed by atoms with van der Waals surface area (Å²) in [4.78, 5) is 13.1. The van der Waals surface area contributed by atoms with E-state index in [1.54, 1.807) is 0 Å². The maximum atomic E-state index is 13.1. The number of nitrogens with one attached hydrogen (secondary N) is 2. The maximum absolute atomic E-state index is 13.1. The van der Waals surface area contributed by atoms with E-state index >= 15 is 0 Å². The van der Waals surface area contributed by atoms with Crippen molar-refractivity contribution < 1.29 is 9.18 Å². The van der Waals surface area contributed by atoms with Crippen LogP contribution in [0.5, 0.6) is 0 Å². The van der Waals surface area contributed by atoms with Gasteiger partial charge in [0.25, 0.3) is 0 Å². The van der Waals surface area contributed by atoms with Gasteiger partial charge in [-0.1, -0.05) is 11.6 Å². The summed E-state index contributed by atoms with van der Waals surface area (Å²) >= 11 is 0. The molecule has 19 heavy (non-hydrogen) atoms. The van der Waals surface area contributed by atoms with Crippen molar-refractivity contribution in [2.75, 3.05) is 26.3 Å². The minimum atomic E-state index is -0.691. The zero-order valence-electron chi connectivity index (χ0n) is 11.1. The third kappa shape index (κ3) is 4.07. The Morgan fingerprint density at radius 2 is 2.47 bits per heavy atom. The van der Waals surface area contributed by atoms with Crippen LogP contribution in [0.25, 0.3) is 0 Å². The van der Waals surface area contributed by atoms with Crippen LogP contribution in [0.3, 0.4) is 0 Å². The Morgan fingerprint density at radius 1 is 1.63 bits per heavy atom. The Labute approximate surface area is 113 Å². The highest BCUT2D eigenvalue weighted by molar-refractivity contribution is 5.54. The number of hydrogen-bond donors (Lipinski definition) is 3. The molecule has 3 unspecified atom stereocenters.